The van der Waals surface area contributed by atoms with Gasteiger partial charge in [-0.25, -0.2) is 4.57 Å². The summed E-state index contributed by atoms with van der Waals surface area (Å²) in [5, 5.41) is 0. The second kappa shape index (κ2) is 31.7. The fraction of sp³-hybridized carbons (Fsp3) is 0.882. The number of nitrogens with two attached hydrogens (primary N) is 1. The highest BCUT2D eigenvalue weighted by Gasteiger charge is 2.25. The number of carbonyl (C=O) groups is 2. The van der Waals surface area contributed by atoms with Crippen LogP contribution in [0.3, 0.4) is 0 Å². The number of esters is 2. The first-order chi connectivity index (χ1) is 21.3. The number of phosphoric ester groups is 1. The zero-order valence-electron chi connectivity index (χ0n) is 28.2. The summed E-state index contributed by atoms with van der Waals surface area (Å²) in [5.41, 5.74) is 5.31. The van der Waals surface area contributed by atoms with Gasteiger partial charge in [-0.05, 0) is 38.5 Å². The molecular formula is C34H66NO8P. The number of phosphoric acid groups is 1. The highest BCUT2D eigenvalue weighted by Crippen LogP contribution is 2.43. The number of unbranched alkanes of at least 4 members (excludes halogenated alkanes) is 18. The molecule has 0 heterocycles. The smallest absolute Gasteiger partial charge is 0.462 e. The number of allylic oxidation sites excluding steroid dienone is 2. The second-order valence-corrected chi connectivity index (χ2v) is 13.2. The Morgan fingerprint density at radius 1 is 0.659 bits per heavy atom. The predicted molar refractivity (Wildman–Crippen MR) is 178 cm³/mol. The monoisotopic (exact) mass is 647 g/mol. The lowest BCUT2D eigenvalue weighted by molar-refractivity contribution is -0.161. The Bertz CT molecular complexity index is 749. The van der Waals surface area contributed by atoms with E-state index in [2.05, 4.69) is 26.0 Å². The van der Waals surface area contributed by atoms with E-state index in [0.29, 0.717) is 12.8 Å². The summed E-state index contributed by atoms with van der Waals surface area (Å²) < 4.78 is 32.5. The highest BCUT2D eigenvalue weighted by atomic mass is 31.2. The third-order valence-electron chi connectivity index (χ3n) is 7.40. The van der Waals surface area contributed by atoms with Gasteiger partial charge < -0.3 is 20.1 Å². The molecule has 0 aromatic rings. The summed E-state index contributed by atoms with van der Waals surface area (Å²) >= 11 is 0. The van der Waals surface area contributed by atoms with Gasteiger partial charge in [-0.1, -0.05) is 122 Å². The molecule has 0 rings (SSSR count). The minimum absolute atomic E-state index is 0.0538. The van der Waals surface area contributed by atoms with Crippen LogP contribution in [0, 0.1) is 0 Å². The molecule has 0 aliphatic carbocycles. The number of carbonyl (C=O) groups excluding carboxylic acids is 2. The van der Waals surface area contributed by atoms with E-state index in [-0.39, 0.29) is 32.6 Å². The lowest BCUT2D eigenvalue weighted by Crippen LogP contribution is -2.29. The molecule has 0 bridgehead atoms. The third kappa shape index (κ3) is 30.8. The summed E-state index contributed by atoms with van der Waals surface area (Å²) in [7, 11) is -4.36. The predicted octanol–water partition coefficient (Wildman–Crippen LogP) is 9.10. The molecule has 3 N–H and O–H groups in total. The molecule has 0 fully saturated rings. The highest BCUT2D eigenvalue weighted by molar-refractivity contribution is 7.47. The minimum Gasteiger partial charge on any atom is -0.462 e. The minimum atomic E-state index is -4.36. The molecule has 0 amide bonds. The van der Waals surface area contributed by atoms with Gasteiger partial charge in [0.05, 0.1) is 13.2 Å². The van der Waals surface area contributed by atoms with Gasteiger partial charge in [0.1, 0.15) is 6.61 Å². The van der Waals surface area contributed by atoms with Crippen LogP contribution in [0.1, 0.15) is 162 Å². The molecule has 0 aliphatic heterocycles. The van der Waals surface area contributed by atoms with Crippen LogP contribution in [-0.2, 0) is 32.7 Å². The maximum atomic E-state index is 12.4. The number of rotatable bonds is 33. The Balaban J connectivity index is 4.27. The lowest BCUT2D eigenvalue weighted by Gasteiger charge is -2.19. The van der Waals surface area contributed by atoms with Gasteiger partial charge in [0, 0.05) is 19.4 Å². The first-order valence-electron chi connectivity index (χ1n) is 17.7. The van der Waals surface area contributed by atoms with Crippen LogP contribution in [0.5, 0.6) is 0 Å². The van der Waals surface area contributed by atoms with Crippen molar-refractivity contribution in [3.05, 3.63) is 12.2 Å². The van der Waals surface area contributed by atoms with Crippen LogP contribution < -0.4 is 5.73 Å². The summed E-state index contributed by atoms with van der Waals surface area (Å²) in [6, 6.07) is 0. The Morgan fingerprint density at radius 3 is 1.64 bits per heavy atom. The standard InChI is InChI=1S/C34H66NO8P/c1-3-5-7-9-11-13-15-16-17-19-20-22-24-26-33(36)40-30-32(31-42-44(38,39)41-29-28-35)43-34(37)27-25-23-21-18-14-12-10-8-6-4-2/h16-17,32H,3-15,18-31,35H2,1-2H3,(H,38,39)/b17-16+/t32-/m1/s1. The van der Waals surface area contributed by atoms with Crippen molar-refractivity contribution in [1.82, 2.24) is 0 Å². The normalized spacial score (nSPS) is 13.6. The van der Waals surface area contributed by atoms with Crippen LogP contribution in [0.4, 0.5) is 0 Å². The van der Waals surface area contributed by atoms with Gasteiger partial charge >= 0.3 is 19.8 Å². The van der Waals surface area contributed by atoms with Gasteiger partial charge in [0.15, 0.2) is 6.10 Å². The summed E-state index contributed by atoms with van der Waals surface area (Å²) in [5.74, 6) is -0.847. The van der Waals surface area contributed by atoms with E-state index in [1.807, 2.05) is 0 Å². The number of ether oxygens (including phenoxy) is 2. The molecule has 0 saturated carbocycles. The average molecular weight is 648 g/mol. The van der Waals surface area contributed by atoms with Gasteiger partial charge in [-0.2, -0.15) is 0 Å². The third-order valence-corrected chi connectivity index (χ3v) is 8.39. The topological polar surface area (TPSA) is 134 Å². The van der Waals surface area contributed by atoms with Crippen molar-refractivity contribution in [1.29, 1.82) is 0 Å². The summed E-state index contributed by atoms with van der Waals surface area (Å²) in [6.07, 6.45) is 28.2. The fourth-order valence-corrected chi connectivity index (χ4v) is 5.51. The molecule has 0 aromatic carbocycles. The summed E-state index contributed by atoms with van der Waals surface area (Å²) in [4.78, 5) is 34.5. The molecular weight excluding hydrogens is 581 g/mol. The molecule has 44 heavy (non-hydrogen) atoms. The van der Waals surface area contributed by atoms with Crippen LogP contribution in [0.15, 0.2) is 12.2 Å². The molecule has 0 saturated heterocycles. The molecule has 2 atom stereocenters. The van der Waals surface area contributed by atoms with E-state index in [1.165, 1.54) is 77.0 Å². The van der Waals surface area contributed by atoms with Gasteiger partial charge in [-0.15, -0.1) is 0 Å². The van der Waals surface area contributed by atoms with E-state index < -0.39 is 32.5 Å². The lowest BCUT2D eigenvalue weighted by atomic mass is 10.1. The number of hydrogen-bond acceptors (Lipinski definition) is 8. The van der Waals surface area contributed by atoms with E-state index >= 15 is 0 Å². The second-order valence-electron chi connectivity index (χ2n) is 11.7. The Labute approximate surface area is 269 Å². The van der Waals surface area contributed by atoms with Gasteiger partial charge in [-0.3, -0.25) is 18.6 Å². The SMILES string of the molecule is CCCCCCCC/C=C/CCCCCC(=O)OC[C@H](COP(=O)(O)OCCN)OC(=O)CCCCCCCCCCCC. The van der Waals surface area contributed by atoms with Crippen molar-refractivity contribution < 1.29 is 37.6 Å². The Kier molecular flexibility index (Phi) is 30.8. The van der Waals surface area contributed by atoms with E-state index in [4.69, 9.17) is 24.3 Å². The Hall–Kier alpha value is -1.25. The molecule has 260 valence electrons. The molecule has 0 aromatic heterocycles. The van der Waals surface area contributed by atoms with Gasteiger partial charge in [0.2, 0.25) is 0 Å². The van der Waals surface area contributed by atoms with Crippen molar-refractivity contribution in [2.24, 2.45) is 5.73 Å². The number of hydrogen-bond donors (Lipinski definition) is 2. The van der Waals surface area contributed by atoms with E-state index in [9.17, 15) is 19.0 Å². The molecule has 0 aliphatic rings. The molecule has 10 heteroatoms. The first-order valence-corrected chi connectivity index (χ1v) is 19.2. The van der Waals surface area contributed by atoms with Crippen molar-refractivity contribution >= 4 is 19.8 Å². The van der Waals surface area contributed by atoms with Gasteiger partial charge in [0.25, 0.3) is 0 Å². The zero-order valence-corrected chi connectivity index (χ0v) is 29.0. The average Bonchev–Trinajstić information content (AvgIpc) is 3.00. The van der Waals surface area contributed by atoms with Crippen LogP contribution in [-0.4, -0.2) is 49.3 Å². The van der Waals surface area contributed by atoms with Crippen molar-refractivity contribution in [2.45, 2.75) is 168 Å². The molecule has 0 spiro atoms. The molecule has 0 radical (unpaired) electrons. The zero-order chi connectivity index (χ0) is 32.6. The van der Waals surface area contributed by atoms with Crippen molar-refractivity contribution in [2.75, 3.05) is 26.4 Å². The first kappa shape index (κ1) is 42.8. The fourth-order valence-electron chi connectivity index (χ4n) is 4.74. The van der Waals surface area contributed by atoms with Crippen molar-refractivity contribution in [3.63, 3.8) is 0 Å². The molecule has 9 nitrogen and oxygen atoms in total. The van der Waals surface area contributed by atoms with Crippen LogP contribution in [0.2, 0.25) is 0 Å². The van der Waals surface area contributed by atoms with E-state index in [0.717, 1.165) is 44.9 Å². The van der Waals surface area contributed by atoms with Crippen LogP contribution >= 0.6 is 7.82 Å². The summed E-state index contributed by atoms with van der Waals surface area (Å²) in [6.45, 7) is 3.68. The Morgan fingerprint density at radius 2 is 1.11 bits per heavy atom. The van der Waals surface area contributed by atoms with Crippen LogP contribution in [0.25, 0.3) is 0 Å². The van der Waals surface area contributed by atoms with E-state index in [1.54, 1.807) is 0 Å². The maximum Gasteiger partial charge on any atom is 0.472 e. The molecule has 1 unspecified atom stereocenters. The van der Waals surface area contributed by atoms with Crippen molar-refractivity contribution in [3.8, 4) is 0 Å². The quantitative estimate of drug-likeness (QED) is 0.0309. The largest absolute Gasteiger partial charge is 0.472 e. The maximum absolute atomic E-state index is 12.4.